The monoisotopic (exact) mass is 390 g/mol. The highest BCUT2D eigenvalue weighted by atomic mass is 32.1. The zero-order valence-corrected chi connectivity index (χ0v) is 15.1. The maximum atomic E-state index is 11.9. The van der Waals surface area contributed by atoms with Crippen LogP contribution in [-0.4, -0.2) is 29.2 Å². The van der Waals surface area contributed by atoms with Gasteiger partial charge < -0.3 is 14.7 Å². The summed E-state index contributed by atoms with van der Waals surface area (Å²) < 4.78 is 15.3. The number of methoxy groups -OCH3 is 1. The van der Waals surface area contributed by atoms with Gasteiger partial charge in [0.25, 0.3) is 11.8 Å². The summed E-state index contributed by atoms with van der Waals surface area (Å²) in [6.45, 7) is 1.55. The van der Waals surface area contributed by atoms with Crippen LogP contribution >= 0.6 is 12.2 Å². The molecule has 2 N–H and O–H groups in total. The van der Waals surface area contributed by atoms with Crippen LogP contribution in [0.5, 0.6) is 11.5 Å². The van der Waals surface area contributed by atoms with Gasteiger partial charge in [-0.05, 0) is 40.9 Å². The molecule has 1 aromatic heterocycles. The smallest absolute Gasteiger partial charge is 0.263 e. The number of thiocarbonyl (C=S) groups is 1. The van der Waals surface area contributed by atoms with Crippen LogP contribution in [0.3, 0.4) is 0 Å². The summed E-state index contributed by atoms with van der Waals surface area (Å²) >= 11 is 4.75. The number of nitrogens with one attached hydrogen (secondary N) is 2. The van der Waals surface area contributed by atoms with E-state index in [1.807, 2.05) is 0 Å². The van der Waals surface area contributed by atoms with Crippen molar-refractivity contribution in [3.05, 3.63) is 45.9 Å². The molecule has 0 atom stereocenters. The molecule has 2 aromatic rings. The van der Waals surface area contributed by atoms with E-state index in [4.69, 9.17) is 21.7 Å². The average molecular weight is 390 g/mol. The van der Waals surface area contributed by atoms with E-state index in [-0.39, 0.29) is 27.9 Å². The summed E-state index contributed by atoms with van der Waals surface area (Å²) in [5, 5.41) is 19.7. The van der Waals surface area contributed by atoms with Crippen LogP contribution in [0.4, 0.5) is 0 Å². The predicted octanol–water partition coefficient (Wildman–Crippen LogP) is 0.118. The zero-order chi connectivity index (χ0) is 19.6. The lowest BCUT2D eigenvalue weighted by Gasteiger charge is -2.16. The van der Waals surface area contributed by atoms with Gasteiger partial charge in [0.05, 0.1) is 7.11 Å². The van der Waals surface area contributed by atoms with Gasteiger partial charge in [-0.2, -0.15) is 0 Å². The molecule has 0 radical (unpaired) electrons. The number of hydrogen-bond donors (Lipinski definition) is 2. The van der Waals surface area contributed by atoms with Crippen LogP contribution in [0, 0.1) is 12.1 Å². The molecule has 0 saturated carbocycles. The van der Waals surface area contributed by atoms with Gasteiger partial charge >= 0.3 is 0 Å². The van der Waals surface area contributed by atoms with Crippen molar-refractivity contribution in [1.82, 2.24) is 15.8 Å². The number of aryl methyl sites for hydroxylation is 1. The van der Waals surface area contributed by atoms with Gasteiger partial charge in [-0.15, -0.1) is 0 Å². The molecule has 1 aliphatic rings. The quantitative estimate of drug-likeness (QED) is 0.319. The molecule has 0 spiro atoms. The summed E-state index contributed by atoms with van der Waals surface area (Å²) in [5.41, 5.74) is 1.09. The van der Waals surface area contributed by atoms with Crippen molar-refractivity contribution >= 4 is 35.2 Å². The highest BCUT2D eigenvalue weighted by Crippen LogP contribution is 2.29. The van der Waals surface area contributed by atoms with Gasteiger partial charge in [0.15, 0.2) is 23.2 Å². The number of nitrogens with zero attached hydrogens (tertiary/aromatic N) is 2. The van der Waals surface area contributed by atoms with Crippen molar-refractivity contribution in [3.8, 4) is 11.5 Å². The van der Waals surface area contributed by atoms with E-state index >= 15 is 0 Å². The number of hydrogen-bond acceptors (Lipinski definition) is 8. The average Bonchev–Trinajstić information content (AvgIpc) is 2.94. The number of amides is 2. The number of benzene rings is 1. The van der Waals surface area contributed by atoms with Crippen molar-refractivity contribution < 1.29 is 28.6 Å². The van der Waals surface area contributed by atoms with Crippen LogP contribution in [0.1, 0.15) is 17.0 Å². The van der Waals surface area contributed by atoms with Crippen LogP contribution in [0.2, 0.25) is 0 Å². The molecule has 1 saturated heterocycles. The van der Waals surface area contributed by atoms with Crippen LogP contribution in [0.15, 0.2) is 28.4 Å². The first-order valence-corrected chi connectivity index (χ1v) is 8.04. The molecule has 1 aromatic carbocycles. The fourth-order valence-corrected chi connectivity index (χ4v) is 2.49. The third kappa shape index (κ3) is 3.87. The molecule has 3 rings (SSSR count). The van der Waals surface area contributed by atoms with Gasteiger partial charge in [-0.1, -0.05) is 6.07 Å². The zero-order valence-electron chi connectivity index (χ0n) is 14.3. The molecule has 27 heavy (non-hydrogen) atoms. The molecule has 0 bridgehead atoms. The van der Waals surface area contributed by atoms with Crippen molar-refractivity contribution in [2.45, 2.75) is 13.5 Å². The van der Waals surface area contributed by atoms with E-state index in [9.17, 15) is 14.8 Å². The van der Waals surface area contributed by atoms with Crippen molar-refractivity contribution in [1.29, 1.82) is 0 Å². The SMILES string of the molecule is COc1cc(C=C2C(=O)NC(=S)NC2=O)ccc1OCc1c(C)no[n+]1[O-]. The van der Waals surface area contributed by atoms with Gasteiger partial charge in [0.2, 0.25) is 11.4 Å². The maximum absolute atomic E-state index is 11.9. The highest BCUT2D eigenvalue weighted by molar-refractivity contribution is 7.80. The second kappa shape index (κ2) is 7.41. The van der Waals surface area contributed by atoms with E-state index in [1.54, 1.807) is 25.1 Å². The molecule has 1 aliphatic heterocycles. The first-order chi connectivity index (χ1) is 12.9. The van der Waals surface area contributed by atoms with Crippen LogP contribution in [0.25, 0.3) is 6.08 Å². The van der Waals surface area contributed by atoms with Crippen LogP contribution < -0.4 is 25.0 Å². The Hall–Kier alpha value is -3.47. The lowest BCUT2D eigenvalue weighted by atomic mass is 10.1. The Morgan fingerprint density at radius 2 is 2.00 bits per heavy atom. The molecule has 2 heterocycles. The van der Waals surface area contributed by atoms with Crippen molar-refractivity contribution in [2.75, 3.05) is 7.11 Å². The summed E-state index contributed by atoms with van der Waals surface area (Å²) in [6.07, 6.45) is 1.40. The van der Waals surface area contributed by atoms with E-state index in [0.29, 0.717) is 22.8 Å². The van der Waals surface area contributed by atoms with E-state index in [1.165, 1.54) is 13.2 Å². The minimum absolute atomic E-state index is 0.0388. The Kier molecular flexibility index (Phi) is 5.03. The molecule has 2 amide bonds. The minimum Gasteiger partial charge on any atom is -0.493 e. The van der Waals surface area contributed by atoms with Gasteiger partial charge in [0.1, 0.15) is 5.57 Å². The Bertz CT molecular complexity index is 926. The number of ether oxygens (including phenoxy) is 2. The van der Waals surface area contributed by atoms with E-state index in [2.05, 4.69) is 20.4 Å². The molecular weight excluding hydrogens is 376 g/mol. The lowest BCUT2D eigenvalue weighted by Crippen LogP contribution is -2.51. The summed E-state index contributed by atoms with van der Waals surface area (Å²) in [5.74, 6) is -0.473. The maximum Gasteiger partial charge on any atom is 0.263 e. The number of carbonyl (C=O) groups is 2. The molecule has 0 aliphatic carbocycles. The van der Waals surface area contributed by atoms with E-state index < -0.39 is 11.8 Å². The standard InChI is InChI=1S/C16H14N4O6S/c1-8-11(20(23)26-19-8)7-25-12-4-3-9(6-13(12)24-2)5-10-14(21)17-16(27)18-15(10)22/h3-6H,7H2,1-2H3,(H2,17,18,21,22,27). The first kappa shape index (κ1) is 18.3. The Labute approximate surface area is 158 Å². The first-order valence-electron chi connectivity index (χ1n) is 7.63. The number of rotatable bonds is 5. The Morgan fingerprint density at radius 1 is 1.30 bits per heavy atom. The normalized spacial score (nSPS) is 13.9. The molecule has 11 heteroatoms. The van der Waals surface area contributed by atoms with E-state index in [0.717, 1.165) is 0 Å². The molecule has 0 unspecified atom stereocenters. The minimum atomic E-state index is -0.592. The van der Waals surface area contributed by atoms with Gasteiger partial charge in [-0.3, -0.25) is 24.9 Å². The van der Waals surface area contributed by atoms with Crippen molar-refractivity contribution in [3.63, 3.8) is 0 Å². The highest BCUT2D eigenvalue weighted by Gasteiger charge is 2.25. The number of carbonyl (C=O) groups excluding carboxylic acids is 2. The summed E-state index contributed by atoms with van der Waals surface area (Å²) in [6, 6.07) is 4.80. The fraction of sp³-hybridized carbons (Fsp3) is 0.188. The molecule has 140 valence electrons. The topological polar surface area (TPSA) is 130 Å². The predicted molar refractivity (Wildman–Crippen MR) is 94.4 cm³/mol. The molecular formula is C16H14N4O6S. The third-order valence-corrected chi connectivity index (χ3v) is 3.90. The Balaban J connectivity index is 1.82. The second-order valence-corrected chi connectivity index (χ2v) is 5.86. The second-order valence-electron chi connectivity index (χ2n) is 5.46. The molecule has 1 fully saturated rings. The van der Waals surface area contributed by atoms with Gasteiger partial charge in [0, 0.05) is 12.1 Å². The van der Waals surface area contributed by atoms with Gasteiger partial charge in [-0.25, -0.2) is 0 Å². The lowest BCUT2D eigenvalue weighted by molar-refractivity contribution is -0.808. The molecule has 10 nitrogen and oxygen atoms in total. The fourth-order valence-electron chi connectivity index (χ4n) is 2.30. The van der Waals surface area contributed by atoms with Crippen molar-refractivity contribution in [2.24, 2.45) is 0 Å². The largest absolute Gasteiger partial charge is 0.493 e. The van der Waals surface area contributed by atoms with Crippen LogP contribution in [-0.2, 0) is 16.2 Å². The summed E-state index contributed by atoms with van der Waals surface area (Å²) in [4.78, 5) is 24.1. The number of aromatic nitrogens is 2. The summed E-state index contributed by atoms with van der Waals surface area (Å²) in [7, 11) is 1.44. The third-order valence-electron chi connectivity index (χ3n) is 3.70. The Morgan fingerprint density at radius 3 is 2.59 bits per heavy atom.